The molecule has 0 spiro atoms. The van der Waals surface area contributed by atoms with Crippen molar-refractivity contribution >= 4 is 12.4 Å². The van der Waals surface area contributed by atoms with Gasteiger partial charge in [0.15, 0.2) is 0 Å². The Morgan fingerprint density at radius 3 is 2.36 bits per heavy atom. The lowest BCUT2D eigenvalue weighted by molar-refractivity contribution is 0.149. The lowest BCUT2D eigenvalue weighted by Gasteiger charge is -2.31. The van der Waals surface area contributed by atoms with E-state index in [-0.39, 0.29) is 12.4 Å². The molecule has 0 aromatic heterocycles. The zero-order valence-corrected chi connectivity index (χ0v) is 14.3. The fourth-order valence-corrected chi connectivity index (χ4v) is 2.69. The first-order valence-corrected chi connectivity index (χ1v) is 8.10. The van der Waals surface area contributed by atoms with E-state index >= 15 is 0 Å². The van der Waals surface area contributed by atoms with Gasteiger partial charge >= 0.3 is 0 Å². The van der Waals surface area contributed by atoms with Gasteiger partial charge in [-0.05, 0) is 62.5 Å². The molecule has 0 radical (unpaired) electrons. The molecule has 1 fully saturated rings. The molecule has 22 heavy (non-hydrogen) atoms. The number of benzene rings is 1. The number of likely N-dealkylation sites (tertiary alicyclic amines) is 1. The van der Waals surface area contributed by atoms with Gasteiger partial charge in [-0.1, -0.05) is 6.92 Å². The number of ether oxygens (including phenoxy) is 2. The van der Waals surface area contributed by atoms with Gasteiger partial charge in [0.05, 0.1) is 6.61 Å². The number of nitrogens with two attached hydrogens (primary N) is 1. The van der Waals surface area contributed by atoms with Gasteiger partial charge in [0, 0.05) is 13.1 Å². The average Bonchev–Trinajstić information content (AvgIpc) is 2.54. The van der Waals surface area contributed by atoms with Crippen molar-refractivity contribution in [3.8, 4) is 11.5 Å². The SMILES string of the molecule is CCCOc1ccc(OCCN2CCCC(CN)C2)cc1.Cl. The van der Waals surface area contributed by atoms with Gasteiger partial charge in [-0.25, -0.2) is 0 Å². The van der Waals surface area contributed by atoms with Gasteiger partial charge in [-0.15, -0.1) is 12.4 Å². The number of rotatable bonds is 8. The second-order valence-electron chi connectivity index (χ2n) is 5.71. The summed E-state index contributed by atoms with van der Waals surface area (Å²) < 4.78 is 11.4. The topological polar surface area (TPSA) is 47.7 Å². The second kappa shape index (κ2) is 10.7. The zero-order valence-electron chi connectivity index (χ0n) is 13.5. The molecule has 1 atom stereocenters. The Morgan fingerprint density at radius 2 is 1.77 bits per heavy atom. The molecule has 0 saturated carbocycles. The van der Waals surface area contributed by atoms with Gasteiger partial charge in [-0.3, -0.25) is 4.90 Å². The van der Waals surface area contributed by atoms with Crippen LogP contribution < -0.4 is 15.2 Å². The summed E-state index contributed by atoms with van der Waals surface area (Å²) in [6, 6.07) is 7.89. The smallest absolute Gasteiger partial charge is 0.119 e. The van der Waals surface area contributed by atoms with E-state index in [1.807, 2.05) is 24.3 Å². The summed E-state index contributed by atoms with van der Waals surface area (Å²) in [4.78, 5) is 2.46. The maximum absolute atomic E-state index is 5.81. The first kappa shape index (κ1) is 19.1. The van der Waals surface area contributed by atoms with Crippen LogP contribution in [0.25, 0.3) is 0 Å². The molecule has 1 heterocycles. The number of piperidine rings is 1. The summed E-state index contributed by atoms with van der Waals surface area (Å²) in [7, 11) is 0. The molecule has 1 aromatic carbocycles. The maximum Gasteiger partial charge on any atom is 0.119 e. The van der Waals surface area contributed by atoms with Crippen molar-refractivity contribution in [3.05, 3.63) is 24.3 Å². The molecule has 1 unspecified atom stereocenters. The molecule has 1 aliphatic heterocycles. The minimum Gasteiger partial charge on any atom is -0.494 e. The van der Waals surface area contributed by atoms with Crippen LogP contribution in [0.15, 0.2) is 24.3 Å². The fraction of sp³-hybridized carbons (Fsp3) is 0.647. The van der Waals surface area contributed by atoms with Gasteiger partial charge in [0.25, 0.3) is 0 Å². The normalized spacial score (nSPS) is 18.5. The van der Waals surface area contributed by atoms with Crippen molar-refractivity contribution in [2.45, 2.75) is 26.2 Å². The van der Waals surface area contributed by atoms with Crippen LogP contribution >= 0.6 is 12.4 Å². The highest BCUT2D eigenvalue weighted by atomic mass is 35.5. The summed E-state index contributed by atoms with van der Waals surface area (Å²) in [5.41, 5.74) is 5.76. The van der Waals surface area contributed by atoms with Gasteiger partial charge < -0.3 is 15.2 Å². The van der Waals surface area contributed by atoms with E-state index in [4.69, 9.17) is 15.2 Å². The predicted octanol–water partition coefficient (Wildman–Crippen LogP) is 2.95. The van der Waals surface area contributed by atoms with Crippen LogP contribution in [0.3, 0.4) is 0 Å². The van der Waals surface area contributed by atoms with Crippen molar-refractivity contribution in [2.75, 3.05) is 39.4 Å². The Bertz CT molecular complexity index is 400. The Hall–Kier alpha value is -0.970. The van der Waals surface area contributed by atoms with Crippen LogP contribution in [0.1, 0.15) is 26.2 Å². The van der Waals surface area contributed by atoms with E-state index in [1.165, 1.54) is 19.4 Å². The molecule has 2 N–H and O–H groups in total. The first-order chi connectivity index (χ1) is 10.3. The molecule has 0 aliphatic carbocycles. The van der Waals surface area contributed by atoms with Crippen LogP contribution in [0.4, 0.5) is 0 Å². The highest BCUT2D eigenvalue weighted by Crippen LogP contribution is 2.18. The van der Waals surface area contributed by atoms with E-state index in [2.05, 4.69) is 11.8 Å². The summed E-state index contributed by atoms with van der Waals surface area (Å²) >= 11 is 0. The Kier molecular flexibility index (Phi) is 9.28. The van der Waals surface area contributed by atoms with Crippen molar-refractivity contribution in [1.82, 2.24) is 4.90 Å². The van der Waals surface area contributed by atoms with Crippen LogP contribution in [-0.2, 0) is 0 Å². The standard InChI is InChI=1S/C17H28N2O2.ClH/c1-2-11-20-16-5-7-17(8-6-16)21-12-10-19-9-3-4-15(13-18)14-19;/h5-8,15H,2-4,9-14,18H2,1H3;1H. The second-order valence-corrected chi connectivity index (χ2v) is 5.71. The first-order valence-electron chi connectivity index (χ1n) is 8.10. The van der Waals surface area contributed by atoms with Crippen molar-refractivity contribution < 1.29 is 9.47 Å². The highest BCUT2D eigenvalue weighted by molar-refractivity contribution is 5.85. The molecule has 126 valence electrons. The Labute approximate surface area is 140 Å². The lowest BCUT2D eigenvalue weighted by atomic mass is 9.98. The molecular weight excluding hydrogens is 300 g/mol. The molecule has 5 heteroatoms. The van der Waals surface area contributed by atoms with Crippen LogP contribution in [0.2, 0.25) is 0 Å². The minimum atomic E-state index is 0. The minimum absolute atomic E-state index is 0. The molecule has 1 saturated heterocycles. The largest absolute Gasteiger partial charge is 0.494 e. The molecule has 0 bridgehead atoms. The van der Waals surface area contributed by atoms with E-state index in [0.29, 0.717) is 5.92 Å². The van der Waals surface area contributed by atoms with E-state index in [9.17, 15) is 0 Å². The van der Waals surface area contributed by atoms with Crippen molar-refractivity contribution in [2.24, 2.45) is 11.7 Å². The lowest BCUT2D eigenvalue weighted by Crippen LogP contribution is -2.40. The summed E-state index contributed by atoms with van der Waals surface area (Å²) in [6.45, 7) is 7.66. The van der Waals surface area contributed by atoms with Gasteiger partial charge in [0.1, 0.15) is 18.1 Å². The molecule has 4 nitrogen and oxygen atoms in total. The zero-order chi connectivity index (χ0) is 14.9. The molecular formula is C17H29ClN2O2. The number of hydrogen-bond acceptors (Lipinski definition) is 4. The third kappa shape index (κ3) is 6.42. The third-order valence-electron chi connectivity index (χ3n) is 3.91. The van der Waals surface area contributed by atoms with Crippen LogP contribution in [0, 0.1) is 5.92 Å². The highest BCUT2D eigenvalue weighted by Gasteiger charge is 2.18. The van der Waals surface area contributed by atoms with Crippen LogP contribution in [-0.4, -0.2) is 44.3 Å². The Morgan fingerprint density at radius 1 is 1.14 bits per heavy atom. The summed E-state index contributed by atoms with van der Waals surface area (Å²) in [5, 5.41) is 0. The summed E-state index contributed by atoms with van der Waals surface area (Å²) in [5.74, 6) is 2.48. The Balaban J connectivity index is 0.00000242. The third-order valence-corrected chi connectivity index (χ3v) is 3.91. The monoisotopic (exact) mass is 328 g/mol. The number of nitrogens with zero attached hydrogens (tertiary/aromatic N) is 1. The molecule has 0 amide bonds. The quantitative estimate of drug-likeness (QED) is 0.797. The van der Waals surface area contributed by atoms with Crippen molar-refractivity contribution in [1.29, 1.82) is 0 Å². The number of halogens is 1. The predicted molar refractivity (Wildman–Crippen MR) is 93.2 cm³/mol. The van der Waals surface area contributed by atoms with E-state index < -0.39 is 0 Å². The molecule has 1 aliphatic rings. The number of hydrogen-bond donors (Lipinski definition) is 1. The summed E-state index contributed by atoms with van der Waals surface area (Å²) in [6.07, 6.45) is 3.55. The van der Waals surface area contributed by atoms with Crippen molar-refractivity contribution in [3.63, 3.8) is 0 Å². The fourth-order valence-electron chi connectivity index (χ4n) is 2.69. The molecule has 1 aromatic rings. The van der Waals surface area contributed by atoms with Gasteiger partial charge in [-0.2, -0.15) is 0 Å². The van der Waals surface area contributed by atoms with Gasteiger partial charge in [0.2, 0.25) is 0 Å². The molecule has 2 rings (SSSR count). The van der Waals surface area contributed by atoms with Crippen LogP contribution in [0.5, 0.6) is 11.5 Å². The van der Waals surface area contributed by atoms with E-state index in [1.54, 1.807) is 0 Å². The van der Waals surface area contributed by atoms with E-state index in [0.717, 1.165) is 50.8 Å². The maximum atomic E-state index is 5.81. The average molecular weight is 329 g/mol.